The minimum atomic E-state index is -0.668. The van der Waals surface area contributed by atoms with Gasteiger partial charge in [0, 0.05) is 4.47 Å². The first-order chi connectivity index (χ1) is 12.5. The summed E-state index contributed by atoms with van der Waals surface area (Å²) in [4.78, 5) is 37.8. The van der Waals surface area contributed by atoms with Crippen LogP contribution in [0.1, 0.15) is 10.4 Å². The van der Waals surface area contributed by atoms with Crippen LogP contribution in [0.3, 0.4) is 0 Å². The van der Waals surface area contributed by atoms with Crippen molar-refractivity contribution in [3.05, 3.63) is 52.5 Å². The van der Waals surface area contributed by atoms with E-state index in [2.05, 4.69) is 21.2 Å². The monoisotopic (exact) mass is 418 g/mol. The van der Waals surface area contributed by atoms with Gasteiger partial charge in [0.25, 0.3) is 5.91 Å². The summed E-state index contributed by atoms with van der Waals surface area (Å²) >= 11 is 3.27. The van der Waals surface area contributed by atoms with Gasteiger partial charge in [0.2, 0.25) is 5.91 Å². The number of carbonyl (C=O) groups excluding carboxylic acids is 3. The van der Waals surface area contributed by atoms with Crippen LogP contribution in [0.2, 0.25) is 0 Å². The molecule has 1 aliphatic heterocycles. The molecule has 0 bridgehead atoms. The third-order valence-electron chi connectivity index (χ3n) is 3.79. The van der Waals surface area contributed by atoms with Crippen molar-refractivity contribution in [3.63, 3.8) is 0 Å². The summed E-state index contributed by atoms with van der Waals surface area (Å²) in [5.74, 6) is -0.967. The van der Waals surface area contributed by atoms with E-state index in [-0.39, 0.29) is 18.0 Å². The number of benzene rings is 2. The van der Waals surface area contributed by atoms with Crippen LogP contribution in [0.25, 0.3) is 0 Å². The highest BCUT2D eigenvalue weighted by Gasteiger charge is 2.27. The number of fused-ring (bicyclic) bond motifs is 1. The maximum Gasteiger partial charge on any atom is 0.339 e. The molecule has 0 aliphatic carbocycles. The normalized spacial score (nSPS) is 12.8. The summed E-state index contributed by atoms with van der Waals surface area (Å²) in [6.07, 6.45) is 0. The Hall–Kier alpha value is -2.87. The zero-order chi connectivity index (χ0) is 18.7. The number of nitrogens with zero attached hydrogens (tertiary/aromatic N) is 1. The molecule has 0 fully saturated rings. The van der Waals surface area contributed by atoms with Gasteiger partial charge in [-0.05, 0) is 46.3 Å². The van der Waals surface area contributed by atoms with E-state index in [1.165, 1.54) is 18.1 Å². The molecule has 8 heteroatoms. The zero-order valence-electron chi connectivity index (χ0n) is 13.8. The second kappa shape index (κ2) is 7.57. The number of hydrogen-bond donors (Lipinski definition) is 1. The first-order valence-corrected chi connectivity index (χ1v) is 8.49. The number of nitrogens with one attached hydrogen (secondary N) is 1. The van der Waals surface area contributed by atoms with Crippen LogP contribution in [0.5, 0.6) is 5.75 Å². The topological polar surface area (TPSA) is 84.9 Å². The molecule has 0 saturated heterocycles. The lowest BCUT2D eigenvalue weighted by Crippen LogP contribution is -2.44. The Morgan fingerprint density at radius 3 is 2.77 bits per heavy atom. The van der Waals surface area contributed by atoms with Gasteiger partial charge in [0.05, 0.1) is 24.0 Å². The van der Waals surface area contributed by atoms with Crippen LogP contribution in [0, 0.1) is 0 Å². The molecule has 0 unspecified atom stereocenters. The fourth-order valence-corrected chi connectivity index (χ4v) is 2.93. The summed E-state index contributed by atoms with van der Waals surface area (Å²) in [7, 11) is 1.49. The average Bonchev–Trinajstić information content (AvgIpc) is 2.65. The Balaban J connectivity index is 1.71. The molecular weight excluding hydrogens is 404 g/mol. The number of halogens is 1. The largest absolute Gasteiger partial charge is 0.497 e. The van der Waals surface area contributed by atoms with E-state index in [9.17, 15) is 14.4 Å². The Kier molecular flexibility index (Phi) is 5.22. The van der Waals surface area contributed by atoms with Gasteiger partial charge in [0.15, 0.2) is 6.61 Å². The molecule has 1 N–H and O–H groups in total. The molecule has 3 rings (SSSR count). The molecule has 7 nitrogen and oxygen atoms in total. The van der Waals surface area contributed by atoms with Gasteiger partial charge in [-0.15, -0.1) is 0 Å². The molecule has 0 atom stereocenters. The van der Waals surface area contributed by atoms with Crippen molar-refractivity contribution in [2.24, 2.45) is 0 Å². The Morgan fingerprint density at radius 2 is 2.00 bits per heavy atom. The van der Waals surface area contributed by atoms with E-state index >= 15 is 0 Å². The molecule has 0 spiro atoms. The number of rotatable bonds is 4. The number of esters is 1. The smallest absolute Gasteiger partial charge is 0.339 e. The second-order valence-electron chi connectivity index (χ2n) is 5.47. The van der Waals surface area contributed by atoms with Crippen molar-refractivity contribution in [1.29, 1.82) is 0 Å². The van der Waals surface area contributed by atoms with E-state index < -0.39 is 18.5 Å². The van der Waals surface area contributed by atoms with Gasteiger partial charge in [-0.3, -0.25) is 14.5 Å². The fraction of sp³-hybridized carbons (Fsp3) is 0.167. The standard InChI is InChI=1S/C18H15BrN2O5/c1-25-11-6-7-13(19)12(8-11)18(24)26-10-17(23)21-9-16(22)20-14-4-2-3-5-15(14)21/h2-8H,9-10H2,1H3,(H,20,22). The number of hydrogen-bond acceptors (Lipinski definition) is 5. The third-order valence-corrected chi connectivity index (χ3v) is 4.48. The summed E-state index contributed by atoms with van der Waals surface area (Å²) in [6, 6.07) is 11.8. The first-order valence-electron chi connectivity index (χ1n) is 7.69. The van der Waals surface area contributed by atoms with Crippen LogP contribution in [-0.4, -0.2) is 38.0 Å². The van der Waals surface area contributed by atoms with Crippen LogP contribution in [0.4, 0.5) is 11.4 Å². The van der Waals surface area contributed by atoms with Crippen molar-refractivity contribution < 1.29 is 23.9 Å². The number of para-hydroxylation sites is 2. The van der Waals surface area contributed by atoms with Crippen molar-refractivity contribution in [1.82, 2.24) is 0 Å². The molecular formula is C18H15BrN2O5. The van der Waals surface area contributed by atoms with Crippen molar-refractivity contribution in [2.45, 2.75) is 0 Å². The highest BCUT2D eigenvalue weighted by molar-refractivity contribution is 9.10. The second-order valence-corrected chi connectivity index (χ2v) is 6.32. The molecule has 0 saturated carbocycles. The number of carbonyl (C=O) groups is 3. The average molecular weight is 419 g/mol. The summed E-state index contributed by atoms with van der Waals surface area (Å²) in [5.41, 5.74) is 1.35. The molecule has 2 aromatic carbocycles. The summed E-state index contributed by atoms with van der Waals surface area (Å²) < 4.78 is 10.7. The Morgan fingerprint density at radius 1 is 1.23 bits per heavy atom. The molecule has 2 amide bonds. The summed E-state index contributed by atoms with van der Waals surface area (Å²) in [5, 5.41) is 2.69. The fourth-order valence-electron chi connectivity index (χ4n) is 2.53. The van der Waals surface area contributed by atoms with E-state index in [0.717, 1.165) is 0 Å². The highest BCUT2D eigenvalue weighted by atomic mass is 79.9. The van der Waals surface area contributed by atoms with Crippen LogP contribution < -0.4 is 15.0 Å². The number of amides is 2. The molecule has 1 aliphatic rings. The lowest BCUT2D eigenvalue weighted by Gasteiger charge is -2.28. The Labute approximate surface area is 158 Å². The van der Waals surface area contributed by atoms with Crippen molar-refractivity contribution in [3.8, 4) is 5.75 Å². The van der Waals surface area contributed by atoms with E-state index in [1.807, 2.05) is 0 Å². The summed E-state index contributed by atoms with van der Waals surface area (Å²) in [6.45, 7) is -0.611. The number of methoxy groups -OCH3 is 1. The third kappa shape index (κ3) is 3.70. The maximum atomic E-state index is 12.5. The predicted octanol–water partition coefficient (Wildman–Crippen LogP) is 2.60. The van der Waals surface area contributed by atoms with Crippen molar-refractivity contribution >= 4 is 45.1 Å². The lowest BCUT2D eigenvalue weighted by atomic mass is 10.2. The van der Waals surface area contributed by atoms with Crippen LogP contribution in [-0.2, 0) is 14.3 Å². The van der Waals surface area contributed by atoms with Gasteiger partial charge in [-0.1, -0.05) is 12.1 Å². The highest BCUT2D eigenvalue weighted by Crippen LogP contribution is 2.29. The van der Waals surface area contributed by atoms with Gasteiger partial charge in [0.1, 0.15) is 12.3 Å². The minimum Gasteiger partial charge on any atom is -0.497 e. The van der Waals surface area contributed by atoms with Gasteiger partial charge < -0.3 is 14.8 Å². The zero-order valence-corrected chi connectivity index (χ0v) is 15.4. The van der Waals surface area contributed by atoms with Gasteiger partial charge >= 0.3 is 5.97 Å². The van der Waals surface area contributed by atoms with Crippen LogP contribution in [0.15, 0.2) is 46.9 Å². The maximum absolute atomic E-state index is 12.5. The SMILES string of the molecule is COc1ccc(Br)c(C(=O)OCC(=O)N2CC(=O)Nc3ccccc32)c1. The molecule has 0 radical (unpaired) electrons. The first kappa shape index (κ1) is 17.9. The van der Waals surface area contributed by atoms with Gasteiger partial charge in [-0.25, -0.2) is 4.79 Å². The quantitative estimate of drug-likeness (QED) is 0.771. The Bertz CT molecular complexity index is 884. The van der Waals surface area contributed by atoms with Gasteiger partial charge in [-0.2, -0.15) is 0 Å². The molecule has 2 aromatic rings. The minimum absolute atomic E-state index is 0.129. The molecule has 26 heavy (non-hydrogen) atoms. The molecule has 0 aromatic heterocycles. The van der Waals surface area contributed by atoms with E-state index in [1.54, 1.807) is 36.4 Å². The van der Waals surface area contributed by atoms with E-state index in [0.29, 0.717) is 21.6 Å². The van der Waals surface area contributed by atoms with Crippen molar-refractivity contribution in [2.75, 3.05) is 30.5 Å². The van der Waals surface area contributed by atoms with E-state index in [4.69, 9.17) is 9.47 Å². The number of anilines is 2. The number of ether oxygens (including phenoxy) is 2. The predicted molar refractivity (Wildman–Crippen MR) is 98.4 cm³/mol. The molecule has 1 heterocycles. The van der Waals surface area contributed by atoms with Crippen LogP contribution >= 0.6 is 15.9 Å². The molecule has 134 valence electrons. The lowest BCUT2D eigenvalue weighted by molar-refractivity contribution is -0.124.